The van der Waals surface area contributed by atoms with E-state index in [4.69, 9.17) is 17.3 Å². The lowest BCUT2D eigenvalue weighted by molar-refractivity contribution is 0.114. The number of nitrogens with zero attached hydrogens (tertiary/aromatic N) is 1. The summed E-state index contributed by atoms with van der Waals surface area (Å²) in [6.07, 6.45) is 4.15. The molecule has 0 bridgehead atoms. The fraction of sp³-hybridized carbons (Fsp3) is 0.625. The summed E-state index contributed by atoms with van der Waals surface area (Å²) < 4.78 is 0. The van der Waals surface area contributed by atoms with Crippen molar-refractivity contribution in [3.8, 4) is 0 Å². The van der Waals surface area contributed by atoms with Gasteiger partial charge in [0.15, 0.2) is 0 Å². The number of aliphatic hydroxyl groups is 1. The maximum atomic E-state index is 10.1. The Bertz CT molecular complexity index is 464. The van der Waals surface area contributed by atoms with Crippen LogP contribution >= 0.6 is 11.6 Å². The molecular formula is C16H23ClN2O. The van der Waals surface area contributed by atoms with E-state index in [1.165, 1.54) is 12.8 Å². The van der Waals surface area contributed by atoms with Crippen LogP contribution in [0.15, 0.2) is 24.3 Å². The number of nitrogens with two attached hydrogens (primary N) is 1. The first kappa shape index (κ1) is 14.2. The number of benzene rings is 1. The zero-order valence-corrected chi connectivity index (χ0v) is 12.5. The molecule has 0 spiro atoms. The minimum atomic E-state index is -0.133. The lowest BCUT2D eigenvalue weighted by atomic mass is 9.88. The molecule has 3 N–H and O–H groups in total. The molecule has 3 nitrogen and oxygen atoms in total. The van der Waals surface area contributed by atoms with Crippen LogP contribution in [0.1, 0.15) is 25.7 Å². The van der Waals surface area contributed by atoms with Gasteiger partial charge in [0.2, 0.25) is 0 Å². The Morgan fingerprint density at radius 1 is 1.35 bits per heavy atom. The Hall–Kier alpha value is -0.770. The van der Waals surface area contributed by atoms with E-state index in [9.17, 15) is 5.11 Å². The molecule has 3 unspecified atom stereocenters. The third-order valence-electron chi connectivity index (χ3n) is 4.48. The molecule has 1 aromatic carbocycles. The Morgan fingerprint density at radius 3 is 2.85 bits per heavy atom. The number of anilines is 1. The largest absolute Gasteiger partial charge is 0.393 e. The summed E-state index contributed by atoms with van der Waals surface area (Å²) >= 11 is 6.07. The zero-order chi connectivity index (χ0) is 14.1. The molecule has 1 aliphatic carbocycles. The molecule has 110 valence electrons. The van der Waals surface area contributed by atoms with Gasteiger partial charge in [-0.1, -0.05) is 17.7 Å². The normalized spacial score (nSPS) is 28.4. The monoisotopic (exact) mass is 294 g/mol. The van der Waals surface area contributed by atoms with Gasteiger partial charge in [-0.05, 0) is 55.7 Å². The standard InChI is InChI=1S/C16H23ClN2O/c17-13-2-1-3-15(8-13)19-9-11(6-14(18)10-19)7-16(20)12-4-5-12/h1-3,8,11-12,14,16,20H,4-7,9-10,18H2. The van der Waals surface area contributed by atoms with E-state index in [-0.39, 0.29) is 12.1 Å². The van der Waals surface area contributed by atoms with Gasteiger partial charge < -0.3 is 15.7 Å². The average Bonchev–Trinajstić information content (AvgIpc) is 3.22. The third kappa shape index (κ3) is 3.46. The molecule has 1 saturated carbocycles. The molecule has 1 aliphatic heterocycles. The lowest BCUT2D eigenvalue weighted by Gasteiger charge is -2.38. The van der Waals surface area contributed by atoms with Crippen LogP contribution in [0.3, 0.4) is 0 Å². The minimum absolute atomic E-state index is 0.133. The SMILES string of the molecule is NC1CC(CC(O)C2CC2)CN(c2cccc(Cl)c2)C1. The van der Waals surface area contributed by atoms with Crippen molar-refractivity contribution in [2.24, 2.45) is 17.6 Å². The van der Waals surface area contributed by atoms with Crippen molar-refractivity contribution in [1.82, 2.24) is 0 Å². The number of rotatable bonds is 4. The van der Waals surface area contributed by atoms with Crippen LogP contribution in [-0.4, -0.2) is 30.3 Å². The van der Waals surface area contributed by atoms with E-state index in [1.54, 1.807) is 0 Å². The second kappa shape index (κ2) is 5.92. The van der Waals surface area contributed by atoms with Gasteiger partial charge in [0.1, 0.15) is 0 Å². The second-order valence-electron chi connectivity index (χ2n) is 6.39. The van der Waals surface area contributed by atoms with Gasteiger partial charge in [-0.15, -0.1) is 0 Å². The molecule has 3 atom stereocenters. The van der Waals surface area contributed by atoms with Crippen LogP contribution in [0.2, 0.25) is 5.02 Å². The van der Waals surface area contributed by atoms with Crippen LogP contribution < -0.4 is 10.6 Å². The number of halogens is 1. The van der Waals surface area contributed by atoms with Crippen molar-refractivity contribution in [3.05, 3.63) is 29.3 Å². The van der Waals surface area contributed by atoms with Gasteiger partial charge in [-0.3, -0.25) is 0 Å². The molecule has 1 aromatic rings. The van der Waals surface area contributed by atoms with Crippen LogP contribution in [0.5, 0.6) is 0 Å². The van der Waals surface area contributed by atoms with Gasteiger partial charge in [-0.25, -0.2) is 0 Å². The fourth-order valence-electron chi connectivity index (χ4n) is 3.32. The lowest BCUT2D eigenvalue weighted by Crippen LogP contribution is -2.47. The van der Waals surface area contributed by atoms with E-state index in [2.05, 4.69) is 11.0 Å². The summed E-state index contributed by atoms with van der Waals surface area (Å²) in [7, 11) is 0. The molecule has 20 heavy (non-hydrogen) atoms. The number of hydrogen-bond acceptors (Lipinski definition) is 3. The van der Waals surface area contributed by atoms with Gasteiger partial charge in [0, 0.05) is 29.8 Å². The Morgan fingerprint density at radius 2 is 2.15 bits per heavy atom. The van der Waals surface area contributed by atoms with E-state index in [0.29, 0.717) is 11.8 Å². The first-order valence-corrected chi connectivity index (χ1v) is 7.94. The predicted molar refractivity (Wildman–Crippen MR) is 83.1 cm³/mol. The third-order valence-corrected chi connectivity index (χ3v) is 4.72. The van der Waals surface area contributed by atoms with Crippen LogP contribution in [0.25, 0.3) is 0 Å². The van der Waals surface area contributed by atoms with Crippen LogP contribution in [0, 0.1) is 11.8 Å². The summed E-state index contributed by atoms with van der Waals surface area (Å²) in [5, 5.41) is 10.9. The smallest absolute Gasteiger partial charge is 0.0571 e. The molecule has 4 heteroatoms. The van der Waals surface area contributed by atoms with Gasteiger partial charge in [0.05, 0.1) is 6.10 Å². The Balaban J connectivity index is 1.66. The van der Waals surface area contributed by atoms with E-state index in [1.807, 2.05) is 18.2 Å². The highest BCUT2D eigenvalue weighted by Gasteiger charge is 2.34. The van der Waals surface area contributed by atoms with Crippen molar-refractivity contribution in [1.29, 1.82) is 0 Å². The van der Waals surface area contributed by atoms with Crippen LogP contribution in [-0.2, 0) is 0 Å². The van der Waals surface area contributed by atoms with E-state index >= 15 is 0 Å². The summed E-state index contributed by atoms with van der Waals surface area (Å²) in [6.45, 7) is 1.84. The second-order valence-corrected chi connectivity index (χ2v) is 6.82. The summed E-state index contributed by atoms with van der Waals surface area (Å²) in [6, 6.07) is 8.13. The summed E-state index contributed by atoms with van der Waals surface area (Å²) in [4.78, 5) is 2.31. The van der Waals surface area contributed by atoms with Crippen molar-refractivity contribution < 1.29 is 5.11 Å². The molecule has 1 saturated heterocycles. The molecule has 2 aliphatic rings. The Labute approximate surface area is 125 Å². The molecule has 3 rings (SSSR count). The summed E-state index contributed by atoms with van der Waals surface area (Å²) in [5.74, 6) is 1.03. The highest BCUT2D eigenvalue weighted by Crippen LogP contribution is 2.37. The molecule has 0 amide bonds. The predicted octanol–water partition coefficient (Wildman–Crippen LogP) is 2.65. The maximum Gasteiger partial charge on any atom is 0.0571 e. The molecule has 1 heterocycles. The van der Waals surface area contributed by atoms with Crippen molar-refractivity contribution in [2.45, 2.75) is 37.8 Å². The van der Waals surface area contributed by atoms with Crippen molar-refractivity contribution in [3.63, 3.8) is 0 Å². The first-order chi connectivity index (χ1) is 9.61. The molecule has 0 aromatic heterocycles. The minimum Gasteiger partial charge on any atom is -0.393 e. The highest BCUT2D eigenvalue weighted by molar-refractivity contribution is 6.30. The average molecular weight is 295 g/mol. The number of hydrogen-bond donors (Lipinski definition) is 2. The topological polar surface area (TPSA) is 49.5 Å². The van der Waals surface area contributed by atoms with Crippen molar-refractivity contribution >= 4 is 17.3 Å². The number of piperidine rings is 1. The maximum absolute atomic E-state index is 10.1. The number of aliphatic hydroxyl groups excluding tert-OH is 1. The zero-order valence-electron chi connectivity index (χ0n) is 11.7. The molecular weight excluding hydrogens is 272 g/mol. The Kier molecular flexibility index (Phi) is 4.20. The fourth-order valence-corrected chi connectivity index (χ4v) is 3.50. The van der Waals surface area contributed by atoms with Gasteiger partial charge in [0.25, 0.3) is 0 Å². The van der Waals surface area contributed by atoms with Crippen LogP contribution in [0.4, 0.5) is 5.69 Å². The van der Waals surface area contributed by atoms with E-state index in [0.717, 1.165) is 36.6 Å². The van der Waals surface area contributed by atoms with Gasteiger partial charge >= 0.3 is 0 Å². The molecule has 2 fully saturated rings. The van der Waals surface area contributed by atoms with Gasteiger partial charge in [-0.2, -0.15) is 0 Å². The summed E-state index contributed by atoms with van der Waals surface area (Å²) in [5.41, 5.74) is 7.34. The quantitative estimate of drug-likeness (QED) is 0.897. The molecule has 0 radical (unpaired) electrons. The van der Waals surface area contributed by atoms with E-state index < -0.39 is 0 Å². The van der Waals surface area contributed by atoms with Crippen molar-refractivity contribution in [2.75, 3.05) is 18.0 Å². The first-order valence-electron chi connectivity index (χ1n) is 7.56. The highest BCUT2D eigenvalue weighted by atomic mass is 35.5.